The fourth-order valence-electron chi connectivity index (χ4n) is 5.21. The highest BCUT2D eigenvalue weighted by Gasteiger charge is 2.31. The number of para-hydroxylation sites is 1. The SMILES string of the molecule is Cc1ccc(-c2nnc3c4ccccc4nc(N4CCN(C(=O)c5ccc(C)c([N+](=O)[O-])c5)C(C)C4)n23)cc1. The molecule has 1 amide bonds. The lowest BCUT2D eigenvalue weighted by Gasteiger charge is -2.40. The molecule has 39 heavy (non-hydrogen) atoms. The van der Waals surface area contributed by atoms with Crippen LogP contribution in [-0.2, 0) is 0 Å². The molecule has 1 unspecified atom stereocenters. The minimum atomic E-state index is -0.449. The van der Waals surface area contributed by atoms with E-state index in [0.717, 1.165) is 27.7 Å². The summed E-state index contributed by atoms with van der Waals surface area (Å²) in [4.78, 5) is 33.3. The smallest absolute Gasteiger partial charge is 0.273 e. The summed E-state index contributed by atoms with van der Waals surface area (Å²) in [6.45, 7) is 7.21. The van der Waals surface area contributed by atoms with Crippen LogP contribution in [0.25, 0.3) is 27.9 Å². The molecule has 0 radical (unpaired) electrons. The second kappa shape index (κ2) is 9.46. The molecule has 6 rings (SSSR count). The van der Waals surface area contributed by atoms with E-state index in [1.807, 2.05) is 66.8 Å². The average molecular weight is 522 g/mol. The maximum absolute atomic E-state index is 13.4. The molecule has 10 heteroatoms. The van der Waals surface area contributed by atoms with Crippen LogP contribution in [0.5, 0.6) is 0 Å². The summed E-state index contributed by atoms with van der Waals surface area (Å²) in [5.41, 5.74) is 4.44. The number of nitro benzene ring substituents is 1. The van der Waals surface area contributed by atoms with Gasteiger partial charge in [-0.25, -0.2) is 9.38 Å². The number of aryl methyl sites for hydroxylation is 2. The Morgan fingerprint density at radius 2 is 1.77 bits per heavy atom. The zero-order chi connectivity index (χ0) is 27.3. The lowest BCUT2D eigenvalue weighted by atomic mass is 10.1. The van der Waals surface area contributed by atoms with E-state index in [2.05, 4.69) is 15.1 Å². The van der Waals surface area contributed by atoms with Crippen LogP contribution in [0.15, 0.2) is 66.7 Å². The average Bonchev–Trinajstić information content (AvgIpc) is 3.38. The molecule has 196 valence electrons. The summed E-state index contributed by atoms with van der Waals surface area (Å²) in [7, 11) is 0. The first-order valence-electron chi connectivity index (χ1n) is 12.8. The number of rotatable bonds is 4. The second-order valence-electron chi connectivity index (χ2n) is 10.0. The van der Waals surface area contributed by atoms with Gasteiger partial charge < -0.3 is 9.80 Å². The van der Waals surface area contributed by atoms with Crippen LogP contribution in [0, 0.1) is 24.0 Å². The number of hydrogen-bond donors (Lipinski definition) is 0. The quantitative estimate of drug-likeness (QED) is 0.246. The van der Waals surface area contributed by atoms with Crippen LogP contribution >= 0.6 is 0 Å². The van der Waals surface area contributed by atoms with Gasteiger partial charge in [0, 0.05) is 53.8 Å². The van der Waals surface area contributed by atoms with Crippen molar-refractivity contribution in [2.75, 3.05) is 24.5 Å². The van der Waals surface area contributed by atoms with Gasteiger partial charge in [-0.05, 0) is 39.0 Å². The van der Waals surface area contributed by atoms with E-state index in [9.17, 15) is 14.9 Å². The third-order valence-corrected chi connectivity index (χ3v) is 7.36. The van der Waals surface area contributed by atoms with Crippen molar-refractivity contribution in [2.24, 2.45) is 0 Å². The Hall–Kier alpha value is -4.86. The van der Waals surface area contributed by atoms with Crippen LogP contribution in [0.3, 0.4) is 0 Å². The van der Waals surface area contributed by atoms with Gasteiger partial charge in [-0.15, -0.1) is 10.2 Å². The highest BCUT2D eigenvalue weighted by molar-refractivity contribution is 5.96. The van der Waals surface area contributed by atoms with Crippen LogP contribution < -0.4 is 4.90 Å². The number of anilines is 1. The largest absolute Gasteiger partial charge is 0.338 e. The first-order valence-corrected chi connectivity index (χ1v) is 12.8. The minimum absolute atomic E-state index is 0.0499. The fourth-order valence-corrected chi connectivity index (χ4v) is 5.21. The van der Waals surface area contributed by atoms with Crippen molar-refractivity contribution in [3.8, 4) is 11.4 Å². The van der Waals surface area contributed by atoms with Crippen molar-refractivity contribution in [2.45, 2.75) is 26.8 Å². The van der Waals surface area contributed by atoms with Gasteiger partial charge >= 0.3 is 0 Å². The fraction of sp³-hybridized carbons (Fsp3) is 0.241. The lowest BCUT2D eigenvalue weighted by molar-refractivity contribution is -0.385. The highest BCUT2D eigenvalue weighted by atomic mass is 16.6. The van der Waals surface area contributed by atoms with E-state index in [1.54, 1.807) is 24.0 Å². The Bertz CT molecular complexity index is 1750. The Morgan fingerprint density at radius 3 is 2.51 bits per heavy atom. The third-order valence-electron chi connectivity index (χ3n) is 7.36. The van der Waals surface area contributed by atoms with E-state index in [0.29, 0.717) is 42.5 Å². The summed E-state index contributed by atoms with van der Waals surface area (Å²) in [6.07, 6.45) is 0. The Morgan fingerprint density at radius 1 is 1.00 bits per heavy atom. The molecule has 3 aromatic carbocycles. The molecular weight excluding hydrogens is 494 g/mol. The second-order valence-corrected chi connectivity index (χ2v) is 10.0. The number of aromatic nitrogens is 4. The molecule has 1 fully saturated rings. The molecule has 0 N–H and O–H groups in total. The maximum Gasteiger partial charge on any atom is 0.273 e. The summed E-state index contributed by atoms with van der Waals surface area (Å²) < 4.78 is 2.00. The van der Waals surface area contributed by atoms with E-state index in [-0.39, 0.29) is 17.6 Å². The molecule has 3 heterocycles. The number of carbonyl (C=O) groups is 1. The number of carbonyl (C=O) groups excluding carboxylic acids is 1. The molecule has 0 saturated carbocycles. The molecule has 0 bridgehead atoms. The van der Waals surface area contributed by atoms with Crippen molar-refractivity contribution in [1.82, 2.24) is 24.5 Å². The molecule has 1 aliphatic heterocycles. The summed E-state index contributed by atoms with van der Waals surface area (Å²) in [5.74, 6) is 1.21. The molecule has 10 nitrogen and oxygen atoms in total. The van der Waals surface area contributed by atoms with Crippen molar-refractivity contribution >= 4 is 34.1 Å². The summed E-state index contributed by atoms with van der Waals surface area (Å²) >= 11 is 0. The van der Waals surface area contributed by atoms with Gasteiger partial charge in [0.1, 0.15) is 0 Å². The van der Waals surface area contributed by atoms with Gasteiger partial charge in [0.15, 0.2) is 11.5 Å². The zero-order valence-electron chi connectivity index (χ0n) is 21.9. The summed E-state index contributed by atoms with van der Waals surface area (Å²) in [5, 5.41) is 21.4. The van der Waals surface area contributed by atoms with E-state index in [1.165, 1.54) is 6.07 Å². The topological polar surface area (TPSA) is 110 Å². The first-order chi connectivity index (χ1) is 18.8. The van der Waals surface area contributed by atoms with Gasteiger partial charge in [0.05, 0.1) is 10.4 Å². The number of amides is 1. The first kappa shape index (κ1) is 24.5. The number of piperazine rings is 1. The number of nitro groups is 1. The Labute approximate surface area is 224 Å². The predicted octanol–water partition coefficient (Wildman–Crippen LogP) is 4.82. The van der Waals surface area contributed by atoms with Gasteiger partial charge in [-0.2, -0.15) is 0 Å². The standard InChI is InChI=1S/C29H27N7O3/c1-18-8-11-21(12-9-18)26-31-32-27-23-6-4-5-7-24(23)30-29(35(26)27)33-14-15-34(20(3)17-33)28(37)22-13-10-19(2)25(16-22)36(38)39/h4-13,16,20H,14-15,17H2,1-3H3. The van der Waals surface area contributed by atoms with Gasteiger partial charge in [0.2, 0.25) is 5.95 Å². The normalized spacial score (nSPS) is 15.7. The molecule has 1 aliphatic rings. The molecule has 1 atom stereocenters. The number of benzene rings is 3. The van der Waals surface area contributed by atoms with Gasteiger partial charge in [-0.3, -0.25) is 14.9 Å². The highest BCUT2D eigenvalue weighted by Crippen LogP contribution is 2.30. The van der Waals surface area contributed by atoms with E-state index < -0.39 is 4.92 Å². The minimum Gasteiger partial charge on any atom is -0.338 e. The molecular formula is C29H27N7O3. The van der Waals surface area contributed by atoms with E-state index >= 15 is 0 Å². The number of fused-ring (bicyclic) bond motifs is 3. The number of nitrogens with zero attached hydrogens (tertiary/aromatic N) is 7. The molecule has 0 aliphatic carbocycles. The molecule has 2 aromatic heterocycles. The van der Waals surface area contributed by atoms with Crippen LogP contribution in [0.4, 0.5) is 11.6 Å². The van der Waals surface area contributed by atoms with Gasteiger partial charge in [-0.1, -0.05) is 48.0 Å². The van der Waals surface area contributed by atoms with Crippen molar-refractivity contribution < 1.29 is 9.72 Å². The number of hydrogen-bond acceptors (Lipinski definition) is 7. The Kier molecular flexibility index (Phi) is 5.94. The van der Waals surface area contributed by atoms with Crippen LogP contribution in [-0.4, -0.2) is 61.0 Å². The maximum atomic E-state index is 13.4. The van der Waals surface area contributed by atoms with Crippen molar-refractivity contribution in [3.05, 3.63) is 93.5 Å². The van der Waals surface area contributed by atoms with E-state index in [4.69, 9.17) is 4.98 Å². The predicted molar refractivity (Wildman–Crippen MR) is 149 cm³/mol. The molecule has 1 saturated heterocycles. The molecule has 0 spiro atoms. The third kappa shape index (κ3) is 4.23. The monoisotopic (exact) mass is 521 g/mol. The van der Waals surface area contributed by atoms with Crippen LogP contribution in [0.1, 0.15) is 28.4 Å². The zero-order valence-corrected chi connectivity index (χ0v) is 21.9. The lowest BCUT2D eigenvalue weighted by Crippen LogP contribution is -2.54. The molecule has 5 aromatic rings. The van der Waals surface area contributed by atoms with Crippen molar-refractivity contribution in [3.63, 3.8) is 0 Å². The Balaban J connectivity index is 1.37. The van der Waals surface area contributed by atoms with Gasteiger partial charge in [0.25, 0.3) is 11.6 Å². The van der Waals surface area contributed by atoms with Crippen LogP contribution in [0.2, 0.25) is 0 Å². The van der Waals surface area contributed by atoms with Crippen molar-refractivity contribution in [1.29, 1.82) is 0 Å². The summed E-state index contributed by atoms with van der Waals surface area (Å²) in [6, 6.07) is 20.5.